The molecule has 0 spiro atoms. The molecule has 5 rings (SSSR count). The Hall–Kier alpha value is -4.52. The fourth-order valence-electron chi connectivity index (χ4n) is 3.80. The van der Waals surface area contributed by atoms with Crippen molar-refractivity contribution in [1.82, 2.24) is 34.5 Å². The molecule has 0 radical (unpaired) electrons. The molecule has 1 atom stereocenters. The number of pyridine rings is 1. The van der Waals surface area contributed by atoms with E-state index >= 15 is 4.39 Å². The largest absolute Gasteiger partial charge is 0.415 e. The Morgan fingerprint density at radius 2 is 1.86 bits per heavy atom. The molecule has 37 heavy (non-hydrogen) atoms. The smallest absolute Gasteiger partial charge is 0.388 e. The van der Waals surface area contributed by atoms with Gasteiger partial charge in [-0.15, -0.1) is 10.2 Å². The number of hydrogen-bond donors (Lipinski definition) is 2. The molecule has 0 amide bonds. The first-order valence-electron chi connectivity index (χ1n) is 11.1. The Labute approximate surface area is 208 Å². The molecule has 2 N–H and O–H groups in total. The number of aliphatic hydroxyl groups excluding tert-OH is 1. The number of aryl methyl sites for hydroxylation is 2. The molecule has 0 saturated heterocycles. The molecule has 0 aliphatic heterocycles. The lowest BCUT2D eigenvalue weighted by Gasteiger charge is -2.15. The number of aliphatic hydroxyl groups is 1. The number of halogens is 3. The van der Waals surface area contributed by atoms with Crippen molar-refractivity contribution in [3.05, 3.63) is 71.6 Å². The van der Waals surface area contributed by atoms with Crippen LogP contribution in [0.2, 0.25) is 0 Å². The molecule has 0 unspecified atom stereocenters. The zero-order valence-electron chi connectivity index (χ0n) is 19.9. The number of nitrogens with zero attached hydrogens (tertiary/aromatic N) is 7. The van der Waals surface area contributed by atoms with E-state index in [4.69, 9.17) is 0 Å². The van der Waals surface area contributed by atoms with Crippen LogP contribution in [-0.2, 0) is 0 Å². The number of anilines is 2. The van der Waals surface area contributed by atoms with Gasteiger partial charge in [-0.05, 0) is 51.1 Å². The summed E-state index contributed by atoms with van der Waals surface area (Å²) < 4.78 is 47.7. The average Bonchev–Trinajstić information content (AvgIpc) is 3.42. The number of alkyl halides is 2. The van der Waals surface area contributed by atoms with E-state index < -0.39 is 18.5 Å². The van der Waals surface area contributed by atoms with Gasteiger partial charge in [0.1, 0.15) is 18.0 Å². The van der Waals surface area contributed by atoms with E-state index in [2.05, 4.69) is 35.3 Å². The van der Waals surface area contributed by atoms with Gasteiger partial charge in [-0.2, -0.15) is 13.9 Å². The first kappa shape index (κ1) is 24.2. The molecular formula is C24H21F3N8O2. The van der Waals surface area contributed by atoms with Crippen LogP contribution >= 0.6 is 0 Å². The highest BCUT2D eigenvalue weighted by molar-refractivity contribution is 5.82. The minimum Gasteiger partial charge on any atom is -0.415 e. The van der Waals surface area contributed by atoms with E-state index in [1.807, 2.05) is 0 Å². The summed E-state index contributed by atoms with van der Waals surface area (Å²) in [6.45, 7) is 1.95. The van der Waals surface area contributed by atoms with E-state index in [0.717, 1.165) is 5.69 Å². The number of aromatic nitrogens is 7. The maximum absolute atomic E-state index is 15.0. The third kappa shape index (κ3) is 4.80. The van der Waals surface area contributed by atoms with Gasteiger partial charge >= 0.3 is 6.61 Å². The third-order valence-electron chi connectivity index (χ3n) is 5.56. The van der Waals surface area contributed by atoms with Gasteiger partial charge in [0.05, 0.1) is 28.5 Å². The van der Waals surface area contributed by atoms with Crippen LogP contribution in [0.15, 0.2) is 48.8 Å². The van der Waals surface area contributed by atoms with Gasteiger partial charge in [0.2, 0.25) is 5.88 Å². The van der Waals surface area contributed by atoms with Gasteiger partial charge in [0.25, 0.3) is 0 Å². The van der Waals surface area contributed by atoms with Crippen molar-refractivity contribution >= 4 is 22.5 Å². The molecule has 10 nitrogen and oxygen atoms in total. The van der Waals surface area contributed by atoms with E-state index in [-0.39, 0.29) is 17.4 Å². The number of nitrogens with one attached hydrogen (secondary N) is 1. The Bertz CT molecular complexity index is 1580. The highest BCUT2D eigenvalue weighted by atomic mass is 19.3. The minimum absolute atomic E-state index is 0.174. The lowest BCUT2D eigenvalue weighted by atomic mass is 10.1. The number of fused-ring (bicyclic) bond motifs is 1. The molecule has 0 saturated carbocycles. The molecule has 1 aromatic carbocycles. The summed E-state index contributed by atoms with van der Waals surface area (Å²) in [6.07, 6.45) is 0.546. The first-order valence-corrected chi connectivity index (χ1v) is 11.1. The van der Waals surface area contributed by atoms with Crippen molar-refractivity contribution in [2.24, 2.45) is 0 Å². The van der Waals surface area contributed by atoms with Crippen LogP contribution < -0.4 is 10.1 Å². The fraction of sp³-hybridized carbons (Fsp3) is 0.208. The maximum Gasteiger partial charge on any atom is 0.388 e. The second kappa shape index (κ2) is 9.50. The van der Waals surface area contributed by atoms with Crippen LogP contribution in [0.4, 0.5) is 24.7 Å². The molecule has 4 aromatic heterocycles. The van der Waals surface area contributed by atoms with Gasteiger partial charge in [-0.3, -0.25) is 4.57 Å². The summed E-state index contributed by atoms with van der Waals surface area (Å²) in [5.74, 6) is 0.0947. The SMILES string of the molecule is Cc1ccc(Nc2cc3ncn(-c4ccc([C@@H](C)O)c(-n5nc(OC(F)F)cc5C)n4)c3cc2F)nn1. The summed E-state index contributed by atoms with van der Waals surface area (Å²) >= 11 is 0. The number of benzene rings is 1. The fourth-order valence-corrected chi connectivity index (χ4v) is 3.80. The predicted octanol–water partition coefficient (Wildman–Crippen LogP) is 4.55. The van der Waals surface area contributed by atoms with Crippen LogP contribution in [0.5, 0.6) is 5.88 Å². The number of rotatable bonds is 7. The highest BCUT2D eigenvalue weighted by Crippen LogP contribution is 2.29. The molecule has 5 aromatic rings. The summed E-state index contributed by atoms with van der Waals surface area (Å²) in [4.78, 5) is 8.97. The van der Waals surface area contributed by atoms with Gasteiger partial charge in [-0.25, -0.2) is 19.0 Å². The number of imidazole rings is 1. The van der Waals surface area contributed by atoms with Crippen molar-refractivity contribution < 1.29 is 23.0 Å². The molecule has 0 aliphatic carbocycles. The van der Waals surface area contributed by atoms with Gasteiger partial charge in [0.15, 0.2) is 11.6 Å². The number of ether oxygens (including phenoxy) is 1. The van der Waals surface area contributed by atoms with Gasteiger partial charge in [0, 0.05) is 23.4 Å². The maximum atomic E-state index is 15.0. The molecule has 0 fully saturated rings. The summed E-state index contributed by atoms with van der Waals surface area (Å²) in [5.41, 5.74) is 2.68. The summed E-state index contributed by atoms with van der Waals surface area (Å²) in [6, 6.07) is 10.9. The van der Waals surface area contributed by atoms with Crippen molar-refractivity contribution in [1.29, 1.82) is 0 Å². The summed E-state index contributed by atoms with van der Waals surface area (Å²) in [5, 5.41) is 25.2. The van der Waals surface area contributed by atoms with Gasteiger partial charge in [-0.1, -0.05) is 0 Å². The lowest BCUT2D eigenvalue weighted by Crippen LogP contribution is -2.11. The first-order chi connectivity index (χ1) is 17.7. The monoisotopic (exact) mass is 510 g/mol. The topological polar surface area (TPSA) is 116 Å². The molecule has 13 heteroatoms. The summed E-state index contributed by atoms with van der Waals surface area (Å²) in [7, 11) is 0. The van der Waals surface area contributed by atoms with Crippen LogP contribution in [0.3, 0.4) is 0 Å². The highest BCUT2D eigenvalue weighted by Gasteiger charge is 2.19. The van der Waals surface area contributed by atoms with Crippen molar-refractivity contribution in [3.8, 4) is 17.5 Å². The molecule has 0 aliphatic rings. The van der Waals surface area contributed by atoms with Crippen molar-refractivity contribution in [2.45, 2.75) is 33.5 Å². The molecule has 0 bridgehead atoms. The molecular weight excluding hydrogens is 489 g/mol. The Kier molecular flexibility index (Phi) is 6.21. The van der Waals surface area contributed by atoms with Crippen molar-refractivity contribution in [3.63, 3.8) is 0 Å². The van der Waals surface area contributed by atoms with Crippen LogP contribution in [-0.4, -0.2) is 46.2 Å². The van der Waals surface area contributed by atoms with E-state index in [0.29, 0.717) is 33.9 Å². The normalized spacial score (nSPS) is 12.3. The van der Waals surface area contributed by atoms with Crippen LogP contribution in [0.25, 0.3) is 22.7 Å². The second-order valence-corrected chi connectivity index (χ2v) is 8.29. The van der Waals surface area contributed by atoms with Gasteiger partial charge < -0.3 is 15.2 Å². The zero-order valence-corrected chi connectivity index (χ0v) is 19.9. The van der Waals surface area contributed by atoms with Crippen molar-refractivity contribution in [2.75, 3.05) is 5.32 Å². The number of hydrogen-bond acceptors (Lipinski definition) is 8. The average molecular weight is 510 g/mol. The van der Waals surface area contributed by atoms with Crippen LogP contribution in [0, 0.1) is 19.7 Å². The minimum atomic E-state index is -3.04. The standard InChI is InChI=1S/C24H21F3N8O2/c1-12-4-6-20(32-31-12)29-17-10-18-19(9-16(17)25)34(11-28-18)21-7-5-15(14(3)36)23(30-21)35-13(2)8-22(33-35)37-24(26)27/h4-11,14,24,36H,1-3H3,(H,29,32)/t14-/m1/s1. The van der Waals surface area contributed by atoms with Crippen LogP contribution in [0.1, 0.15) is 30.0 Å². The third-order valence-corrected chi connectivity index (χ3v) is 5.56. The molecule has 4 heterocycles. The quantitative estimate of drug-likeness (QED) is 0.328. The molecule has 190 valence electrons. The zero-order chi connectivity index (χ0) is 26.3. The lowest BCUT2D eigenvalue weighted by molar-refractivity contribution is -0.0530. The predicted molar refractivity (Wildman–Crippen MR) is 128 cm³/mol. The Morgan fingerprint density at radius 1 is 1.05 bits per heavy atom. The van der Waals surface area contributed by atoms with E-state index in [9.17, 15) is 13.9 Å². The Morgan fingerprint density at radius 3 is 2.57 bits per heavy atom. The second-order valence-electron chi connectivity index (χ2n) is 8.29. The van der Waals surface area contributed by atoms with E-state index in [1.165, 1.54) is 23.1 Å². The Balaban J connectivity index is 1.56. The van der Waals surface area contributed by atoms with E-state index in [1.54, 1.807) is 55.7 Å².